The maximum absolute atomic E-state index is 13.6. The van der Waals surface area contributed by atoms with Crippen LogP contribution in [0.15, 0.2) is 59.8 Å². The number of nitrogens with one attached hydrogen (secondary N) is 1. The number of aryl methyl sites for hydroxylation is 1. The Morgan fingerprint density at radius 2 is 1.85 bits per heavy atom. The molecule has 1 aliphatic carbocycles. The fraction of sp³-hybridized carbons (Fsp3) is 0.217. The first-order valence-corrected chi connectivity index (χ1v) is 9.31. The van der Waals surface area contributed by atoms with Gasteiger partial charge in [-0.25, -0.2) is 4.39 Å². The Kier molecular flexibility index (Phi) is 3.61. The Bertz CT molecular complexity index is 1120. The number of benzene rings is 2. The molecule has 1 N–H and O–H groups in total. The number of aromatic nitrogens is 1. The number of anilines is 1. The van der Waals surface area contributed by atoms with Crippen molar-refractivity contribution in [3.8, 4) is 0 Å². The summed E-state index contributed by atoms with van der Waals surface area (Å²) in [5.74, 6) is -0.286. The smallest absolute Gasteiger partial charge is 0.161 e. The highest BCUT2D eigenvalue weighted by atomic mass is 19.1. The third-order valence-corrected chi connectivity index (χ3v) is 5.57. The quantitative estimate of drug-likeness (QED) is 0.646. The number of hydrogen-bond donors (Lipinski definition) is 1. The van der Waals surface area contributed by atoms with Crippen molar-refractivity contribution in [2.24, 2.45) is 0 Å². The van der Waals surface area contributed by atoms with E-state index in [1.54, 1.807) is 12.1 Å². The molecule has 1 unspecified atom stereocenters. The van der Waals surface area contributed by atoms with E-state index in [9.17, 15) is 9.18 Å². The molecule has 0 saturated heterocycles. The predicted molar refractivity (Wildman–Crippen MR) is 104 cm³/mol. The van der Waals surface area contributed by atoms with Crippen molar-refractivity contribution in [2.75, 3.05) is 5.32 Å². The van der Waals surface area contributed by atoms with E-state index in [-0.39, 0.29) is 17.5 Å². The van der Waals surface area contributed by atoms with Crippen LogP contribution in [0.1, 0.15) is 42.0 Å². The minimum atomic E-state index is -0.271. The molecule has 0 radical (unpaired) electrons. The molecule has 134 valence electrons. The molecule has 2 aliphatic rings. The summed E-state index contributed by atoms with van der Waals surface area (Å²) in [6.45, 7) is 1.97. The van der Waals surface area contributed by atoms with Crippen molar-refractivity contribution in [3.05, 3.63) is 82.4 Å². The molecule has 0 fully saturated rings. The summed E-state index contributed by atoms with van der Waals surface area (Å²) in [6.07, 6.45) is 2.29. The number of ketones is 1. The second-order valence-electron chi connectivity index (χ2n) is 7.32. The molecule has 2 aromatic carbocycles. The molecular weight excluding hydrogens is 339 g/mol. The first kappa shape index (κ1) is 16.2. The third kappa shape index (κ3) is 2.55. The number of halogens is 1. The molecule has 2 heterocycles. The highest BCUT2D eigenvalue weighted by Gasteiger charge is 2.36. The number of allylic oxidation sites excluding steroid dienone is 2. The van der Waals surface area contributed by atoms with Crippen molar-refractivity contribution < 1.29 is 9.18 Å². The van der Waals surface area contributed by atoms with Crippen LogP contribution in [-0.2, 0) is 4.79 Å². The second kappa shape index (κ2) is 6.02. The molecule has 27 heavy (non-hydrogen) atoms. The van der Waals surface area contributed by atoms with Gasteiger partial charge in [0.15, 0.2) is 5.78 Å². The van der Waals surface area contributed by atoms with E-state index in [1.165, 1.54) is 12.1 Å². The van der Waals surface area contributed by atoms with Crippen LogP contribution in [0.5, 0.6) is 0 Å². The van der Waals surface area contributed by atoms with Crippen molar-refractivity contribution in [1.82, 2.24) is 4.98 Å². The molecule has 1 aromatic heterocycles. The number of Topliss-reactive ketones (excluding diaryl/α,β-unsaturated/α-hetero) is 1. The second-order valence-corrected chi connectivity index (χ2v) is 7.32. The van der Waals surface area contributed by atoms with Gasteiger partial charge in [-0.1, -0.05) is 18.2 Å². The van der Waals surface area contributed by atoms with Gasteiger partial charge in [0.1, 0.15) is 5.82 Å². The van der Waals surface area contributed by atoms with Crippen LogP contribution in [0.2, 0.25) is 0 Å². The number of rotatable bonds is 1. The average Bonchev–Trinajstić information content (AvgIpc) is 2.67. The maximum atomic E-state index is 13.6. The van der Waals surface area contributed by atoms with Crippen LogP contribution < -0.4 is 5.32 Å². The molecule has 0 spiro atoms. The summed E-state index contributed by atoms with van der Waals surface area (Å²) in [5, 5.41) is 4.54. The van der Waals surface area contributed by atoms with Gasteiger partial charge in [-0.3, -0.25) is 9.78 Å². The third-order valence-electron chi connectivity index (χ3n) is 5.57. The number of carbonyl (C=O) groups is 1. The van der Waals surface area contributed by atoms with Crippen molar-refractivity contribution in [3.63, 3.8) is 0 Å². The lowest BCUT2D eigenvalue weighted by Crippen LogP contribution is -2.27. The SMILES string of the molecule is Cc1ccc2c3c(ccc2n1)NC1=C(C(=O)CCC1)C3c1ccc(F)cc1. The first-order valence-electron chi connectivity index (χ1n) is 9.31. The molecule has 1 aliphatic heterocycles. The van der Waals surface area contributed by atoms with E-state index in [0.717, 1.165) is 57.5 Å². The summed E-state index contributed by atoms with van der Waals surface area (Å²) < 4.78 is 13.6. The minimum Gasteiger partial charge on any atom is -0.358 e. The number of nitrogens with zero attached hydrogens (tertiary/aromatic N) is 1. The van der Waals surface area contributed by atoms with Gasteiger partial charge < -0.3 is 5.32 Å². The fourth-order valence-corrected chi connectivity index (χ4v) is 4.37. The zero-order valence-corrected chi connectivity index (χ0v) is 15.1. The molecule has 0 saturated carbocycles. The largest absolute Gasteiger partial charge is 0.358 e. The van der Waals surface area contributed by atoms with Crippen LogP contribution in [0, 0.1) is 12.7 Å². The van der Waals surface area contributed by atoms with Gasteiger partial charge in [-0.15, -0.1) is 0 Å². The highest BCUT2D eigenvalue weighted by Crippen LogP contribution is 2.47. The molecule has 5 rings (SSSR count). The van der Waals surface area contributed by atoms with Crippen LogP contribution in [0.25, 0.3) is 10.9 Å². The lowest BCUT2D eigenvalue weighted by molar-refractivity contribution is -0.116. The minimum absolute atomic E-state index is 0.181. The van der Waals surface area contributed by atoms with Gasteiger partial charge in [0.2, 0.25) is 0 Å². The fourth-order valence-electron chi connectivity index (χ4n) is 4.37. The van der Waals surface area contributed by atoms with E-state index in [4.69, 9.17) is 0 Å². The van der Waals surface area contributed by atoms with Crippen molar-refractivity contribution >= 4 is 22.4 Å². The molecule has 3 aromatic rings. The Morgan fingerprint density at radius 1 is 1.04 bits per heavy atom. The van der Waals surface area contributed by atoms with Crippen LogP contribution >= 0.6 is 0 Å². The van der Waals surface area contributed by atoms with Gasteiger partial charge in [0, 0.05) is 40.4 Å². The first-order chi connectivity index (χ1) is 13.1. The predicted octanol–water partition coefficient (Wildman–Crippen LogP) is 5.25. The van der Waals surface area contributed by atoms with Crippen molar-refractivity contribution in [1.29, 1.82) is 0 Å². The number of fused-ring (bicyclic) bond motifs is 3. The molecular formula is C23H19FN2O. The molecule has 0 bridgehead atoms. The summed E-state index contributed by atoms with van der Waals surface area (Å²) in [7, 11) is 0. The van der Waals surface area contributed by atoms with Gasteiger partial charge in [0.05, 0.1) is 5.52 Å². The lowest BCUT2D eigenvalue weighted by Gasteiger charge is -2.34. The van der Waals surface area contributed by atoms with Gasteiger partial charge in [0.25, 0.3) is 0 Å². The molecule has 0 amide bonds. The molecule has 1 atom stereocenters. The van der Waals surface area contributed by atoms with Crippen LogP contribution in [0.3, 0.4) is 0 Å². The van der Waals surface area contributed by atoms with E-state index in [2.05, 4.69) is 16.4 Å². The van der Waals surface area contributed by atoms with Gasteiger partial charge >= 0.3 is 0 Å². The van der Waals surface area contributed by atoms with Crippen LogP contribution in [0.4, 0.5) is 10.1 Å². The van der Waals surface area contributed by atoms with E-state index in [0.29, 0.717) is 6.42 Å². The monoisotopic (exact) mass is 358 g/mol. The normalized spacial score (nSPS) is 18.9. The zero-order chi connectivity index (χ0) is 18.5. The highest BCUT2D eigenvalue weighted by molar-refractivity contribution is 6.03. The lowest BCUT2D eigenvalue weighted by atomic mass is 9.74. The Balaban J connectivity index is 1.82. The van der Waals surface area contributed by atoms with E-state index in [1.807, 2.05) is 25.1 Å². The topological polar surface area (TPSA) is 42.0 Å². The standard InChI is InChI=1S/C23H19FN2O/c1-13-5-10-16-17(25-13)11-12-19-22(16)21(14-6-8-15(24)9-7-14)23-18(26-19)3-2-4-20(23)27/h5-12,21,26H,2-4H2,1H3. The molecule has 3 nitrogen and oxygen atoms in total. The number of carbonyl (C=O) groups excluding carboxylic acids is 1. The summed E-state index contributed by atoms with van der Waals surface area (Å²) in [6, 6.07) is 14.7. The van der Waals surface area contributed by atoms with Gasteiger partial charge in [-0.05, 0) is 61.2 Å². The summed E-state index contributed by atoms with van der Waals surface area (Å²) in [4.78, 5) is 17.6. The Hall–Kier alpha value is -3.01. The Labute approximate surface area is 156 Å². The Morgan fingerprint density at radius 3 is 2.67 bits per heavy atom. The van der Waals surface area contributed by atoms with Crippen LogP contribution in [-0.4, -0.2) is 10.8 Å². The van der Waals surface area contributed by atoms with E-state index < -0.39 is 0 Å². The number of pyridine rings is 1. The van der Waals surface area contributed by atoms with E-state index >= 15 is 0 Å². The summed E-state index contributed by atoms with van der Waals surface area (Å²) >= 11 is 0. The van der Waals surface area contributed by atoms with Gasteiger partial charge in [-0.2, -0.15) is 0 Å². The summed E-state index contributed by atoms with van der Waals surface area (Å²) in [5.41, 5.74) is 6.71. The number of hydrogen-bond acceptors (Lipinski definition) is 3. The average molecular weight is 358 g/mol. The molecule has 4 heteroatoms. The zero-order valence-electron chi connectivity index (χ0n) is 15.1. The maximum Gasteiger partial charge on any atom is 0.161 e. The van der Waals surface area contributed by atoms with Crippen molar-refractivity contribution in [2.45, 2.75) is 32.1 Å².